The lowest BCUT2D eigenvalue weighted by Gasteiger charge is -1.96. The predicted octanol–water partition coefficient (Wildman–Crippen LogP) is 0.407. The number of primary amides is 1. The lowest BCUT2D eigenvalue weighted by molar-refractivity contribution is -0.118. The number of amides is 1. The van der Waals surface area contributed by atoms with Gasteiger partial charge in [0.25, 0.3) is 0 Å². The van der Waals surface area contributed by atoms with Crippen LogP contribution in [0.25, 0.3) is 0 Å². The lowest BCUT2D eigenvalue weighted by Crippen LogP contribution is -2.12. The second kappa shape index (κ2) is 4.00. The fraction of sp³-hybridized carbons (Fsp3) is 0.800. The molecule has 2 N–H and O–H groups in total. The first-order valence-corrected chi connectivity index (χ1v) is 2.77. The Kier molecular flexibility index (Phi) is 3.59. The van der Waals surface area contributed by atoms with E-state index in [0.717, 1.165) is 0 Å². The van der Waals surface area contributed by atoms with Crippen molar-refractivity contribution in [3.8, 4) is 0 Å². The third-order valence-corrected chi connectivity index (χ3v) is 0.988. The van der Waals surface area contributed by atoms with Crippen LogP contribution in [0.15, 0.2) is 5.18 Å². The number of hydrogen-bond donors (Lipinski definition) is 1. The van der Waals surface area contributed by atoms with Gasteiger partial charge in [0, 0.05) is 6.42 Å². The van der Waals surface area contributed by atoms with Gasteiger partial charge in [-0.15, -0.1) is 0 Å². The summed E-state index contributed by atoms with van der Waals surface area (Å²) < 4.78 is 0. The molecule has 0 aliphatic heterocycles. The number of hydrogen-bond acceptors (Lipinski definition) is 3. The summed E-state index contributed by atoms with van der Waals surface area (Å²) in [7, 11) is 0. The molecular formula is C5H10N2O2. The lowest BCUT2D eigenvalue weighted by atomic mass is 10.2. The predicted molar refractivity (Wildman–Crippen MR) is 33.7 cm³/mol. The second-order valence-corrected chi connectivity index (χ2v) is 1.96. The first-order valence-electron chi connectivity index (χ1n) is 2.77. The highest BCUT2D eigenvalue weighted by molar-refractivity contribution is 5.73. The molecule has 0 heterocycles. The van der Waals surface area contributed by atoms with E-state index in [1.165, 1.54) is 0 Å². The van der Waals surface area contributed by atoms with Crippen LogP contribution >= 0.6 is 0 Å². The molecule has 0 bridgehead atoms. The number of nitroso groups, excluding NO2 is 1. The van der Waals surface area contributed by atoms with Crippen LogP contribution < -0.4 is 5.73 Å². The Bertz CT molecular complexity index is 114. The van der Waals surface area contributed by atoms with Crippen LogP contribution in [0, 0.1) is 4.91 Å². The SMILES string of the molecule is C[C@@H](CCC(N)=O)N=O. The molecule has 0 unspecified atom stereocenters. The van der Waals surface area contributed by atoms with Gasteiger partial charge >= 0.3 is 0 Å². The molecule has 1 amide bonds. The summed E-state index contributed by atoms with van der Waals surface area (Å²) in [6.45, 7) is 1.65. The molecule has 0 fully saturated rings. The summed E-state index contributed by atoms with van der Waals surface area (Å²) in [6.07, 6.45) is 0.700. The van der Waals surface area contributed by atoms with Crippen molar-refractivity contribution in [2.75, 3.05) is 0 Å². The zero-order valence-corrected chi connectivity index (χ0v) is 5.33. The van der Waals surface area contributed by atoms with Crippen LogP contribution in [0.2, 0.25) is 0 Å². The zero-order chi connectivity index (χ0) is 7.28. The monoisotopic (exact) mass is 130 g/mol. The Morgan fingerprint density at radius 2 is 2.33 bits per heavy atom. The van der Waals surface area contributed by atoms with Crippen LogP contribution in [-0.4, -0.2) is 11.9 Å². The van der Waals surface area contributed by atoms with E-state index >= 15 is 0 Å². The minimum absolute atomic E-state index is 0.243. The number of rotatable bonds is 4. The zero-order valence-electron chi connectivity index (χ0n) is 5.33. The van der Waals surface area contributed by atoms with Crippen LogP contribution in [0.3, 0.4) is 0 Å². The van der Waals surface area contributed by atoms with Gasteiger partial charge in [-0.3, -0.25) is 4.79 Å². The van der Waals surface area contributed by atoms with E-state index in [-0.39, 0.29) is 18.4 Å². The van der Waals surface area contributed by atoms with E-state index in [1.54, 1.807) is 6.92 Å². The first kappa shape index (κ1) is 8.07. The number of nitrogens with zero attached hydrogens (tertiary/aromatic N) is 1. The Morgan fingerprint density at radius 1 is 1.78 bits per heavy atom. The van der Waals surface area contributed by atoms with Gasteiger partial charge in [0.2, 0.25) is 5.91 Å². The van der Waals surface area contributed by atoms with Crippen molar-refractivity contribution >= 4 is 5.91 Å². The van der Waals surface area contributed by atoms with Crippen LogP contribution in [0.1, 0.15) is 19.8 Å². The fourth-order valence-corrected chi connectivity index (χ4v) is 0.404. The van der Waals surface area contributed by atoms with Gasteiger partial charge in [0.05, 0.1) is 6.04 Å². The van der Waals surface area contributed by atoms with Gasteiger partial charge in [-0.2, -0.15) is 4.91 Å². The molecule has 52 valence electrons. The van der Waals surface area contributed by atoms with Gasteiger partial charge in [-0.1, -0.05) is 5.18 Å². The molecule has 0 aromatic carbocycles. The number of carbonyl (C=O) groups is 1. The third kappa shape index (κ3) is 4.93. The molecule has 9 heavy (non-hydrogen) atoms. The van der Waals surface area contributed by atoms with E-state index in [0.29, 0.717) is 6.42 Å². The molecule has 4 nitrogen and oxygen atoms in total. The summed E-state index contributed by atoms with van der Waals surface area (Å²) in [6, 6.07) is -0.294. The van der Waals surface area contributed by atoms with Gasteiger partial charge < -0.3 is 5.73 Å². The normalized spacial score (nSPS) is 12.6. The summed E-state index contributed by atoms with van der Waals surface area (Å²) in [5, 5.41) is 2.70. The topological polar surface area (TPSA) is 72.5 Å². The van der Waals surface area contributed by atoms with E-state index < -0.39 is 0 Å². The maximum atomic E-state index is 10.1. The molecule has 0 spiro atoms. The quantitative estimate of drug-likeness (QED) is 0.559. The minimum Gasteiger partial charge on any atom is -0.370 e. The number of nitrogens with two attached hydrogens (primary N) is 1. The van der Waals surface area contributed by atoms with E-state index in [4.69, 9.17) is 5.73 Å². The molecule has 0 radical (unpaired) electrons. The summed E-state index contributed by atoms with van der Waals surface area (Å²) in [4.78, 5) is 19.8. The minimum atomic E-state index is -0.384. The molecule has 1 atom stereocenters. The standard InChI is InChI=1S/C5H10N2O2/c1-4(7-9)2-3-5(6)8/h4H,2-3H2,1H3,(H2,6,8)/t4-/m0/s1. The second-order valence-electron chi connectivity index (χ2n) is 1.96. The summed E-state index contributed by atoms with van der Waals surface area (Å²) in [5.74, 6) is -0.384. The highest BCUT2D eigenvalue weighted by Gasteiger charge is 2.01. The van der Waals surface area contributed by atoms with Crippen molar-refractivity contribution in [2.24, 2.45) is 10.9 Å². The molecular weight excluding hydrogens is 120 g/mol. The van der Waals surface area contributed by atoms with Gasteiger partial charge in [0.1, 0.15) is 0 Å². The van der Waals surface area contributed by atoms with Gasteiger partial charge in [-0.25, -0.2) is 0 Å². The largest absolute Gasteiger partial charge is 0.370 e. The Balaban J connectivity index is 3.26. The van der Waals surface area contributed by atoms with Crippen molar-refractivity contribution in [3.63, 3.8) is 0 Å². The molecule has 0 saturated carbocycles. The Labute approximate surface area is 53.4 Å². The first-order chi connectivity index (χ1) is 4.16. The summed E-state index contributed by atoms with van der Waals surface area (Å²) >= 11 is 0. The molecule has 4 heteroatoms. The van der Waals surface area contributed by atoms with Crippen molar-refractivity contribution < 1.29 is 4.79 Å². The molecule has 0 saturated heterocycles. The van der Waals surface area contributed by atoms with Crippen LogP contribution in [0.4, 0.5) is 0 Å². The molecule has 0 aromatic rings. The molecule has 0 rings (SSSR count). The van der Waals surface area contributed by atoms with Crippen molar-refractivity contribution in [3.05, 3.63) is 4.91 Å². The maximum absolute atomic E-state index is 10.1. The molecule has 0 aliphatic carbocycles. The van der Waals surface area contributed by atoms with Crippen molar-refractivity contribution in [1.29, 1.82) is 0 Å². The van der Waals surface area contributed by atoms with Gasteiger partial charge in [0.15, 0.2) is 0 Å². The molecule has 0 aliphatic rings. The number of carbonyl (C=O) groups excluding carboxylic acids is 1. The van der Waals surface area contributed by atoms with E-state index in [9.17, 15) is 9.70 Å². The average Bonchev–Trinajstić information content (AvgIpc) is 1.83. The average molecular weight is 130 g/mol. The highest BCUT2D eigenvalue weighted by Crippen LogP contribution is 1.98. The van der Waals surface area contributed by atoms with E-state index in [2.05, 4.69) is 5.18 Å². The van der Waals surface area contributed by atoms with Crippen LogP contribution in [-0.2, 0) is 4.79 Å². The smallest absolute Gasteiger partial charge is 0.217 e. The third-order valence-electron chi connectivity index (χ3n) is 0.988. The highest BCUT2D eigenvalue weighted by atomic mass is 16.3. The fourth-order valence-electron chi connectivity index (χ4n) is 0.404. The van der Waals surface area contributed by atoms with Crippen LogP contribution in [0.5, 0.6) is 0 Å². The van der Waals surface area contributed by atoms with Gasteiger partial charge in [-0.05, 0) is 13.3 Å². The Hall–Kier alpha value is -0.930. The van der Waals surface area contributed by atoms with Crippen molar-refractivity contribution in [1.82, 2.24) is 0 Å². The molecule has 0 aromatic heterocycles. The van der Waals surface area contributed by atoms with Crippen molar-refractivity contribution in [2.45, 2.75) is 25.8 Å². The van der Waals surface area contributed by atoms with E-state index in [1.807, 2.05) is 0 Å². The Morgan fingerprint density at radius 3 is 2.67 bits per heavy atom. The maximum Gasteiger partial charge on any atom is 0.217 e. The summed E-state index contributed by atoms with van der Waals surface area (Å²) in [5.41, 5.74) is 4.81.